The molecule has 0 aromatic carbocycles. The number of rotatable bonds is 5. The fourth-order valence-corrected chi connectivity index (χ4v) is 2.14. The molecule has 1 aliphatic rings. The molecule has 2 amide bonds. The molecule has 20 heavy (non-hydrogen) atoms. The van der Waals surface area contributed by atoms with E-state index in [-0.39, 0.29) is 12.0 Å². The zero-order chi connectivity index (χ0) is 14.4. The van der Waals surface area contributed by atoms with Crippen LogP contribution in [-0.4, -0.2) is 54.3 Å². The van der Waals surface area contributed by atoms with Crippen LogP contribution in [-0.2, 0) is 4.74 Å². The summed E-state index contributed by atoms with van der Waals surface area (Å²) in [6.45, 7) is 4.85. The van der Waals surface area contributed by atoms with Crippen molar-refractivity contribution in [3.8, 4) is 6.01 Å². The lowest BCUT2D eigenvalue weighted by Gasteiger charge is -2.17. The Morgan fingerprint density at radius 2 is 2.45 bits per heavy atom. The van der Waals surface area contributed by atoms with E-state index in [1.807, 2.05) is 6.92 Å². The Labute approximate surface area is 118 Å². The number of amides is 2. The topological polar surface area (TPSA) is 76.6 Å². The van der Waals surface area contributed by atoms with Gasteiger partial charge in [-0.1, -0.05) is 0 Å². The van der Waals surface area contributed by atoms with E-state index in [0.29, 0.717) is 31.5 Å². The van der Waals surface area contributed by atoms with Crippen LogP contribution in [0.2, 0.25) is 0 Å². The molecular formula is C13H20N4O3. The second-order valence-electron chi connectivity index (χ2n) is 4.62. The van der Waals surface area contributed by atoms with Gasteiger partial charge in [-0.2, -0.15) is 4.98 Å². The first-order valence-corrected chi connectivity index (χ1v) is 6.73. The van der Waals surface area contributed by atoms with Crippen LogP contribution < -0.4 is 10.1 Å². The largest absolute Gasteiger partial charge is 0.467 e. The lowest BCUT2D eigenvalue weighted by molar-refractivity contribution is 0.113. The Bertz CT molecular complexity index is 455. The van der Waals surface area contributed by atoms with Gasteiger partial charge in [0.15, 0.2) is 0 Å². The number of hydrogen-bond donors (Lipinski definition) is 1. The van der Waals surface area contributed by atoms with Crippen molar-refractivity contribution in [1.82, 2.24) is 14.9 Å². The molecule has 7 nitrogen and oxygen atoms in total. The van der Waals surface area contributed by atoms with Crippen LogP contribution in [0, 0.1) is 5.92 Å². The van der Waals surface area contributed by atoms with Gasteiger partial charge < -0.3 is 14.4 Å². The molecule has 110 valence electrons. The average Bonchev–Trinajstić information content (AvgIpc) is 2.94. The van der Waals surface area contributed by atoms with Gasteiger partial charge in [0.25, 0.3) is 0 Å². The number of likely N-dealkylation sites (tertiary alicyclic amines) is 1. The molecule has 0 aliphatic carbocycles. The Kier molecular flexibility index (Phi) is 5.11. The van der Waals surface area contributed by atoms with E-state index in [1.54, 1.807) is 17.2 Å². The molecule has 7 heteroatoms. The van der Waals surface area contributed by atoms with Crippen LogP contribution in [0.1, 0.15) is 13.3 Å². The zero-order valence-electron chi connectivity index (χ0n) is 11.8. The number of urea groups is 1. The van der Waals surface area contributed by atoms with Crippen LogP contribution in [0.25, 0.3) is 0 Å². The second kappa shape index (κ2) is 7.04. The molecule has 2 heterocycles. The summed E-state index contributed by atoms with van der Waals surface area (Å²) >= 11 is 0. The monoisotopic (exact) mass is 280 g/mol. The number of aromatic nitrogens is 2. The number of nitrogens with one attached hydrogen (secondary N) is 1. The highest BCUT2D eigenvalue weighted by molar-refractivity contribution is 5.88. The van der Waals surface area contributed by atoms with Gasteiger partial charge in [-0.3, -0.25) is 5.32 Å². The molecule has 1 saturated heterocycles. The lowest BCUT2D eigenvalue weighted by atomic mass is 10.1. The molecule has 1 unspecified atom stereocenters. The first-order valence-electron chi connectivity index (χ1n) is 6.73. The second-order valence-corrected chi connectivity index (χ2v) is 4.62. The normalized spacial score (nSPS) is 18.1. The van der Waals surface area contributed by atoms with Gasteiger partial charge >= 0.3 is 12.0 Å². The molecule has 1 aromatic rings. The minimum Gasteiger partial charge on any atom is -0.467 e. The van der Waals surface area contributed by atoms with Crippen molar-refractivity contribution in [2.75, 3.05) is 38.7 Å². The summed E-state index contributed by atoms with van der Waals surface area (Å²) in [6.07, 6.45) is 2.52. The van der Waals surface area contributed by atoms with E-state index in [9.17, 15) is 4.79 Å². The molecular weight excluding hydrogens is 260 g/mol. The third-order valence-electron chi connectivity index (χ3n) is 3.18. The molecule has 0 spiro atoms. The molecule has 1 N–H and O–H groups in total. The van der Waals surface area contributed by atoms with Gasteiger partial charge in [0, 0.05) is 31.8 Å². The van der Waals surface area contributed by atoms with Crippen LogP contribution in [0.5, 0.6) is 6.01 Å². The van der Waals surface area contributed by atoms with E-state index >= 15 is 0 Å². The van der Waals surface area contributed by atoms with Gasteiger partial charge in [-0.15, -0.1) is 0 Å². The van der Waals surface area contributed by atoms with Crippen molar-refractivity contribution in [2.45, 2.75) is 13.3 Å². The SMILES string of the molecule is CCOCC1CCN(C(=O)Nc2ccnc(OC)n2)C1. The quantitative estimate of drug-likeness (QED) is 0.881. The van der Waals surface area contributed by atoms with Crippen LogP contribution in [0.4, 0.5) is 10.6 Å². The summed E-state index contributed by atoms with van der Waals surface area (Å²) < 4.78 is 10.3. The highest BCUT2D eigenvalue weighted by atomic mass is 16.5. The predicted octanol–water partition coefficient (Wildman–Crippen LogP) is 1.38. The van der Waals surface area contributed by atoms with E-state index in [4.69, 9.17) is 9.47 Å². The number of carbonyl (C=O) groups is 1. The highest BCUT2D eigenvalue weighted by Gasteiger charge is 2.26. The maximum atomic E-state index is 12.1. The highest BCUT2D eigenvalue weighted by Crippen LogP contribution is 2.18. The van der Waals surface area contributed by atoms with Crippen molar-refractivity contribution in [3.63, 3.8) is 0 Å². The maximum absolute atomic E-state index is 12.1. The Balaban J connectivity index is 1.86. The van der Waals surface area contributed by atoms with Crippen LogP contribution >= 0.6 is 0 Å². The van der Waals surface area contributed by atoms with E-state index in [1.165, 1.54) is 7.11 Å². The number of hydrogen-bond acceptors (Lipinski definition) is 5. The third kappa shape index (κ3) is 3.80. The number of methoxy groups -OCH3 is 1. The van der Waals surface area contributed by atoms with Gasteiger partial charge in [0.1, 0.15) is 5.82 Å². The molecule has 1 aromatic heterocycles. The third-order valence-corrected chi connectivity index (χ3v) is 3.18. The van der Waals surface area contributed by atoms with Crippen LogP contribution in [0.3, 0.4) is 0 Å². The van der Waals surface area contributed by atoms with Gasteiger partial charge in [0.2, 0.25) is 0 Å². The molecule has 1 aliphatic heterocycles. The number of ether oxygens (including phenoxy) is 2. The predicted molar refractivity (Wildman–Crippen MR) is 73.8 cm³/mol. The summed E-state index contributed by atoms with van der Waals surface area (Å²) in [5, 5.41) is 2.75. The molecule has 1 atom stereocenters. The Morgan fingerprint density at radius 1 is 1.60 bits per heavy atom. The molecule has 0 bridgehead atoms. The number of anilines is 1. The minimum atomic E-state index is -0.148. The molecule has 2 rings (SSSR count). The standard InChI is InChI=1S/C13H20N4O3/c1-3-20-9-10-5-7-17(8-10)13(18)16-11-4-6-14-12(15-11)19-2/h4,6,10H,3,5,7-9H2,1-2H3,(H,14,15,16,18). The summed E-state index contributed by atoms with van der Waals surface area (Å²) in [5.41, 5.74) is 0. The first kappa shape index (κ1) is 14.5. The maximum Gasteiger partial charge on any atom is 0.323 e. The summed E-state index contributed by atoms with van der Waals surface area (Å²) in [5.74, 6) is 0.857. The smallest absolute Gasteiger partial charge is 0.323 e. The van der Waals surface area contributed by atoms with Crippen LogP contribution in [0.15, 0.2) is 12.3 Å². The van der Waals surface area contributed by atoms with Crippen molar-refractivity contribution in [3.05, 3.63) is 12.3 Å². The van der Waals surface area contributed by atoms with Gasteiger partial charge in [0.05, 0.1) is 13.7 Å². The first-order chi connectivity index (χ1) is 9.72. The van der Waals surface area contributed by atoms with Crippen molar-refractivity contribution in [1.29, 1.82) is 0 Å². The van der Waals surface area contributed by atoms with Gasteiger partial charge in [-0.25, -0.2) is 9.78 Å². The molecule has 1 fully saturated rings. The zero-order valence-corrected chi connectivity index (χ0v) is 11.8. The molecule has 0 saturated carbocycles. The number of nitrogens with zero attached hydrogens (tertiary/aromatic N) is 3. The summed E-state index contributed by atoms with van der Waals surface area (Å²) in [4.78, 5) is 21.8. The van der Waals surface area contributed by atoms with E-state index in [2.05, 4.69) is 15.3 Å². The fourth-order valence-electron chi connectivity index (χ4n) is 2.14. The lowest BCUT2D eigenvalue weighted by Crippen LogP contribution is -2.33. The number of carbonyl (C=O) groups excluding carboxylic acids is 1. The summed E-state index contributed by atoms with van der Waals surface area (Å²) in [7, 11) is 1.49. The van der Waals surface area contributed by atoms with Gasteiger partial charge in [-0.05, 0) is 19.4 Å². The van der Waals surface area contributed by atoms with E-state index < -0.39 is 0 Å². The Morgan fingerprint density at radius 3 is 3.20 bits per heavy atom. The summed E-state index contributed by atoms with van der Waals surface area (Å²) in [6, 6.07) is 1.72. The van der Waals surface area contributed by atoms with Crippen molar-refractivity contribution < 1.29 is 14.3 Å². The minimum absolute atomic E-state index is 0.148. The van der Waals surface area contributed by atoms with E-state index in [0.717, 1.165) is 13.0 Å². The fraction of sp³-hybridized carbons (Fsp3) is 0.615. The Hall–Kier alpha value is -1.89. The van der Waals surface area contributed by atoms with Crippen molar-refractivity contribution >= 4 is 11.8 Å². The van der Waals surface area contributed by atoms with Crippen molar-refractivity contribution in [2.24, 2.45) is 5.92 Å². The average molecular weight is 280 g/mol. The molecule has 0 radical (unpaired) electrons.